The van der Waals surface area contributed by atoms with E-state index < -0.39 is 0 Å². The molecule has 1 N–H and O–H groups in total. The highest BCUT2D eigenvalue weighted by Gasteiger charge is 2.16. The van der Waals surface area contributed by atoms with Gasteiger partial charge in [0.05, 0.1) is 5.56 Å². The Kier molecular flexibility index (Phi) is 4.36. The summed E-state index contributed by atoms with van der Waals surface area (Å²) in [7, 11) is 1.63. The number of H-pyrrole nitrogens is 1. The molecular formula is C18H14ClFN2O2. The fourth-order valence-corrected chi connectivity index (χ4v) is 2.72. The van der Waals surface area contributed by atoms with Crippen LogP contribution in [0.2, 0.25) is 5.02 Å². The van der Waals surface area contributed by atoms with Gasteiger partial charge in [-0.05, 0) is 35.9 Å². The van der Waals surface area contributed by atoms with Gasteiger partial charge < -0.3 is 9.88 Å². The molecule has 0 bridgehead atoms. The Hall–Kier alpha value is -2.66. The molecule has 0 fully saturated rings. The van der Waals surface area contributed by atoms with Crippen LogP contribution in [0.1, 0.15) is 15.9 Å². The highest BCUT2D eigenvalue weighted by molar-refractivity contribution is 6.31. The molecule has 0 saturated heterocycles. The topological polar surface area (TPSA) is 53.2 Å². The molecule has 24 heavy (non-hydrogen) atoms. The van der Waals surface area contributed by atoms with Crippen molar-refractivity contribution in [1.82, 2.24) is 9.88 Å². The quantitative estimate of drug-likeness (QED) is 0.789. The number of rotatable bonds is 3. The summed E-state index contributed by atoms with van der Waals surface area (Å²) in [5.41, 5.74) is 1.26. The zero-order valence-electron chi connectivity index (χ0n) is 12.8. The summed E-state index contributed by atoms with van der Waals surface area (Å²) in [5.74, 6) is -0.638. The van der Waals surface area contributed by atoms with Crippen molar-refractivity contribution in [3.8, 4) is 0 Å². The highest BCUT2D eigenvalue weighted by Crippen LogP contribution is 2.21. The fraction of sp³-hybridized carbons (Fsp3) is 0.111. The number of carbonyl (C=O) groups is 1. The van der Waals surface area contributed by atoms with Gasteiger partial charge >= 0.3 is 0 Å². The van der Waals surface area contributed by atoms with E-state index in [1.54, 1.807) is 37.4 Å². The van der Waals surface area contributed by atoms with E-state index in [9.17, 15) is 14.0 Å². The largest absolute Gasteiger partial charge is 0.337 e. The number of fused-ring (bicyclic) bond motifs is 1. The molecule has 0 radical (unpaired) electrons. The van der Waals surface area contributed by atoms with Crippen LogP contribution in [0.25, 0.3) is 10.9 Å². The van der Waals surface area contributed by atoms with Crippen LogP contribution in [0.3, 0.4) is 0 Å². The number of pyridine rings is 1. The average Bonchev–Trinajstić information content (AvgIpc) is 2.56. The van der Waals surface area contributed by atoms with Crippen molar-refractivity contribution < 1.29 is 9.18 Å². The second kappa shape index (κ2) is 6.45. The third kappa shape index (κ3) is 3.31. The van der Waals surface area contributed by atoms with Crippen molar-refractivity contribution in [3.63, 3.8) is 0 Å². The van der Waals surface area contributed by atoms with Gasteiger partial charge in [0.2, 0.25) is 5.56 Å². The predicted molar refractivity (Wildman–Crippen MR) is 91.8 cm³/mol. The first-order valence-electron chi connectivity index (χ1n) is 7.26. The van der Waals surface area contributed by atoms with E-state index in [1.807, 2.05) is 0 Å². The molecule has 0 atom stereocenters. The second-order valence-corrected chi connectivity index (χ2v) is 5.96. The van der Waals surface area contributed by atoms with Crippen molar-refractivity contribution >= 4 is 28.4 Å². The number of nitrogens with zero attached hydrogens (tertiary/aromatic N) is 1. The number of aromatic nitrogens is 1. The maximum absolute atomic E-state index is 13.0. The second-order valence-electron chi connectivity index (χ2n) is 5.52. The number of halogens is 2. The molecule has 0 aliphatic carbocycles. The number of nitrogens with one attached hydrogen (secondary N) is 1. The summed E-state index contributed by atoms with van der Waals surface area (Å²) in [4.78, 5) is 28.7. The summed E-state index contributed by atoms with van der Waals surface area (Å²) in [6.07, 6.45) is 0. The van der Waals surface area contributed by atoms with Crippen LogP contribution in [0.5, 0.6) is 0 Å². The van der Waals surface area contributed by atoms with Crippen LogP contribution in [-0.4, -0.2) is 22.8 Å². The van der Waals surface area contributed by atoms with E-state index in [-0.39, 0.29) is 22.8 Å². The third-order valence-electron chi connectivity index (χ3n) is 3.72. The van der Waals surface area contributed by atoms with Crippen molar-refractivity contribution in [2.45, 2.75) is 6.54 Å². The Morgan fingerprint density at radius 1 is 1.17 bits per heavy atom. The lowest BCUT2D eigenvalue weighted by molar-refractivity contribution is 0.0787. The molecule has 0 spiro atoms. The summed E-state index contributed by atoms with van der Waals surface area (Å²) in [6, 6.07) is 12.1. The van der Waals surface area contributed by atoms with Crippen molar-refractivity contribution in [2.24, 2.45) is 0 Å². The van der Waals surface area contributed by atoms with E-state index in [2.05, 4.69) is 4.98 Å². The lowest BCUT2D eigenvalue weighted by atomic mass is 10.1. The maximum Gasteiger partial charge on any atom is 0.254 e. The van der Waals surface area contributed by atoms with Gasteiger partial charge in [-0.15, -0.1) is 0 Å². The molecule has 0 aliphatic rings. The van der Waals surface area contributed by atoms with Crippen molar-refractivity contribution in [1.29, 1.82) is 0 Å². The molecule has 1 aromatic heterocycles. The Morgan fingerprint density at radius 3 is 2.58 bits per heavy atom. The molecule has 6 heteroatoms. The lowest BCUT2D eigenvalue weighted by Crippen LogP contribution is -2.27. The summed E-state index contributed by atoms with van der Waals surface area (Å²) >= 11 is 6.01. The first kappa shape index (κ1) is 16.2. The van der Waals surface area contributed by atoms with Gasteiger partial charge in [0.15, 0.2) is 0 Å². The fourth-order valence-electron chi connectivity index (χ4n) is 2.54. The standard InChI is InChI=1S/C18H14ClFN2O2/c1-22(10-11-2-5-13(20)6-3-11)18(24)15-9-17(23)21-16-7-4-12(19)8-14(15)16/h2-9H,10H2,1H3,(H,21,23). The van der Waals surface area contributed by atoms with Crippen molar-refractivity contribution in [3.05, 3.63) is 80.9 Å². The summed E-state index contributed by atoms with van der Waals surface area (Å²) in [6.45, 7) is 0.300. The smallest absolute Gasteiger partial charge is 0.254 e. The Labute approximate surface area is 142 Å². The summed E-state index contributed by atoms with van der Waals surface area (Å²) in [5, 5.41) is 1.06. The first-order valence-corrected chi connectivity index (χ1v) is 7.64. The molecule has 1 amide bonds. The van der Waals surface area contributed by atoms with E-state index >= 15 is 0 Å². The number of amides is 1. The molecule has 3 rings (SSSR count). The van der Waals surface area contributed by atoms with Gasteiger partial charge in [0.1, 0.15) is 5.82 Å². The molecule has 122 valence electrons. The number of hydrogen-bond donors (Lipinski definition) is 1. The number of aromatic amines is 1. The van der Waals surface area contributed by atoms with Gasteiger partial charge in [0.25, 0.3) is 5.91 Å². The number of hydrogen-bond acceptors (Lipinski definition) is 2. The van der Waals surface area contributed by atoms with Gasteiger partial charge in [-0.25, -0.2) is 4.39 Å². The molecule has 1 heterocycles. The van der Waals surface area contributed by atoms with E-state index in [1.165, 1.54) is 23.1 Å². The van der Waals surface area contributed by atoms with E-state index in [4.69, 9.17) is 11.6 Å². The van der Waals surface area contributed by atoms with E-state index in [0.29, 0.717) is 22.5 Å². The Balaban J connectivity index is 1.96. The number of carbonyl (C=O) groups excluding carboxylic acids is 1. The first-order chi connectivity index (χ1) is 11.4. The normalized spacial score (nSPS) is 10.8. The van der Waals surface area contributed by atoms with Crippen LogP contribution in [0.4, 0.5) is 4.39 Å². The molecule has 3 aromatic rings. The van der Waals surface area contributed by atoms with Crippen LogP contribution < -0.4 is 5.56 Å². The minimum atomic E-state index is -0.358. The Bertz CT molecular complexity index is 967. The average molecular weight is 345 g/mol. The zero-order valence-corrected chi connectivity index (χ0v) is 13.6. The van der Waals surface area contributed by atoms with Gasteiger partial charge in [-0.2, -0.15) is 0 Å². The molecule has 0 saturated carbocycles. The highest BCUT2D eigenvalue weighted by atomic mass is 35.5. The molecule has 4 nitrogen and oxygen atoms in total. The van der Waals surface area contributed by atoms with Gasteiger partial charge in [-0.3, -0.25) is 9.59 Å². The van der Waals surface area contributed by atoms with Crippen LogP contribution in [-0.2, 0) is 6.54 Å². The van der Waals surface area contributed by atoms with Crippen LogP contribution >= 0.6 is 11.6 Å². The summed E-state index contributed by atoms with van der Waals surface area (Å²) < 4.78 is 13.0. The predicted octanol–water partition coefficient (Wildman–Crippen LogP) is 3.59. The van der Waals surface area contributed by atoms with Crippen molar-refractivity contribution in [2.75, 3.05) is 7.05 Å². The molecule has 2 aromatic carbocycles. The van der Waals surface area contributed by atoms with Crippen LogP contribution in [0, 0.1) is 5.82 Å². The van der Waals surface area contributed by atoms with Gasteiger partial charge in [0, 0.05) is 35.6 Å². The number of benzene rings is 2. The third-order valence-corrected chi connectivity index (χ3v) is 3.95. The minimum absolute atomic E-state index is 0.279. The maximum atomic E-state index is 13.0. The van der Waals surface area contributed by atoms with Gasteiger partial charge in [-0.1, -0.05) is 23.7 Å². The monoisotopic (exact) mass is 344 g/mol. The SMILES string of the molecule is CN(Cc1ccc(F)cc1)C(=O)c1cc(=O)[nH]c2ccc(Cl)cc12. The molecule has 0 aliphatic heterocycles. The minimum Gasteiger partial charge on any atom is -0.337 e. The molecular weight excluding hydrogens is 331 g/mol. The van der Waals surface area contributed by atoms with Crippen LogP contribution in [0.15, 0.2) is 53.3 Å². The molecule has 0 unspecified atom stereocenters. The van der Waals surface area contributed by atoms with E-state index in [0.717, 1.165) is 5.56 Å². The Morgan fingerprint density at radius 2 is 1.88 bits per heavy atom. The zero-order chi connectivity index (χ0) is 17.3. The lowest BCUT2D eigenvalue weighted by Gasteiger charge is -2.18.